The van der Waals surface area contributed by atoms with Gasteiger partial charge in [0.05, 0.1) is 5.56 Å². The molecule has 0 saturated heterocycles. The van der Waals surface area contributed by atoms with E-state index in [4.69, 9.17) is 5.73 Å². The van der Waals surface area contributed by atoms with Crippen molar-refractivity contribution in [2.75, 3.05) is 18.4 Å². The van der Waals surface area contributed by atoms with Gasteiger partial charge in [-0.05, 0) is 25.5 Å². The van der Waals surface area contributed by atoms with Gasteiger partial charge in [0, 0.05) is 23.5 Å². The molecular formula is C18H17F4N3O2S. The van der Waals surface area contributed by atoms with Crippen LogP contribution in [-0.4, -0.2) is 29.8 Å². The zero-order valence-corrected chi connectivity index (χ0v) is 15.9. The average molecular weight is 415 g/mol. The first-order valence-corrected chi connectivity index (χ1v) is 9.29. The van der Waals surface area contributed by atoms with Crippen LogP contribution in [0, 0.1) is 30.2 Å². The van der Waals surface area contributed by atoms with Crippen molar-refractivity contribution in [1.29, 1.82) is 0 Å². The van der Waals surface area contributed by atoms with Crippen molar-refractivity contribution in [3.8, 4) is 0 Å². The van der Waals surface area contributed by atoms with E-state index in [1.165, 1.54) is 0 Å². The molecule has 3 rings (SSSR count). The van der Waals surface area contributed by atoms with Crippen LogP contribution in [0.2, 0.25) is 0 Å². The third kappa shape index (κ3) is 3.26. The highest BCUT2D eigenvalue weighted by atomic mass is 32.1. The predicted molar refractivity (Wildman–Crippen MR) is 96.5 cm³/mol. The van der Waals surface area contributed by atoms with Crippen LogP contribution in [0.4, 0.5) is 22.6 Å². The monoisotopic (exact) mass is 415 g/mol. The van der Waals surface area contributed by atoms with Crippen LogP contribution in [0.1, 0.15) is 43.6 Å². The molecule has 2 heterocycles. The summed E-state index contributed by atoms with van der Waals surface area (Å²) >= 11 is 1.05. The molecular weight excluding hydrogens is 398 g/mol. The normalized spacial score (nSPS) is 14.1. The van der Waals surface area contributed by atoms with E-state index < -0.39 is 46.2 Å². The summed E-state index contributed by atoms with van der Waals surface area (Å²) in [5, 5.41) is 2.20. The molecule has 0 atom stereocenters. The van der Waals surface area contributed by atoms with Crippen LogP contribution >= 0.6 is 11.3 Å². The van der Waals surface area contributed by atoms with E-state index in [9.17, 15) is 27.2 Å². The van der Waals surface area contributed by atoms with E-state index in [1.54, 1.807) is 0 Å². The van der Waals surface area contributed by atoms with Gasteiger partial charge in [-0.2, -0.15) is 0 Å². The number of benzene rings is 1. The first-order chi connectivity index (χ1) is 13.2. The number of nitrogens with one attached hydrogen (secondary N) is 1. The quantitative estimate of drug-likeness (QED) is 0.594. The van der Waals surface area contributed by atoms with Gasteiger partial charge in [0.25, 0.3) is 11.8 Å². The molecule has 2 amide bonds. The molecule has 0 saturated carbocycles. The molecule has 5 nitrogen and oxygen atoms in total. The van der Waals surface area contributed by atoms with E-state index in [0.29, 0.717) is 25.1 Å². The summed E-state index contributed by atoms with van der Waals surface area (Å²) in [7, 11) is 0. The van der Waals surface area contributed by atoms with E-state index in [1.807, 2.05) is 6.92 Å². The van der Waals surface area contributed by atoms with Crippen LogP contribution in [0.25, 0.3) is 0 Å². The van der Waals surface area contributed by atoms with Gasteiger partial charge in [-0.1, -0.05) is 6.92 Å². The molecule has 28 heavy (non-hydrogen) atoms. The lowest BCUT2D eigenvalue weighted by molar-refractivity contribution is 0.1000. The van der Waals surface area contributed by atoms with E-state index in [2.05, 4.69) is 10.2 Å². The van der Waals surface area contributed by atoms with Gasteiger partial charge < -0.3 is 11.1 Å². The zero-order valence-electron chi connectivity index (χ0n) is 15.1. The first-order valence-electron chi connectivity index (χ1n) is 8.47. The maximum absolute atomic E-state index is 14.1. The van der Waals surface area contributed by atoms with Crippen LogP contribution < -0.4 is 11.1 Å². The minimum Gasteiger partial charge on any atom is -0.365 e. The Morgan fingerprint density at radius 2 is 1.71 bits per heavy atom. The highest BCUT2D eigenvalue weighted by Gasteiger charge is 2.31. The Morgan fingerprint density at radius 1 is 1.11 bits per heavy atom. The van der Waals surface area contributed by atoms with Gasteiger partial charge in [0.1, 0.15) is 10.6 Å². The maximum atomic E-state index is 14.1. The molecule has 1 aliphatic heterocycles. The maximum Gasteiger partial charge on any atom is 0.262 e. The fourth-order valence-corrected chi connectivity index (χ4v) is 4.47. The number of amides is 2. The Bertz CT molecular complexity index is 961. The topological polar surface area (TPSA) is 75.4 Å². The number of rotatable bonds is 4. The van der Waals surface area contributed by atoms with Crippen molar-refractivity contribution < 1.29 is 27.2 Å². The number of fused-ring (bicyclic) bond motifs is 1. The van der Waals surface area contributed by atoms with Crippen molar-refractivity contribution in [3.05, 3.63) is 50.4 Å². The van der Waals surface area contributed by atoms with Gasteiger partial charge in [-0.15, -0.1) is 11.3 Å². The fourth-order valence-electron chi connectivity index (χ4n) is 3.18. The Labute approximate surface area is 162 Å². The summed E-state index contributed by atoms with van der Waals surface area (Å²) in [5.74, 6) is -9.10. The molecule has 1 aliphatic rings. The van der Waals surface area contributed by atoms with Crippen molar-refractivity contribution in [2.24, 2.45) is 5.73 Å². The summed E-state index contributed by atoms with van der Waals surface area (Å²) in [6.07, 6.45) is 0.518. The average Bonchev–Trinajstić information content (AvgIpc) is 3.01. The van der Waals surface area contributed by atoms with Gasteiger partial charge in [0.15, 0.2) is 23.3 Å². The van der Waals surface area contributed by atoms with Crippen molar-refractivity contribution in [3.63, 3.8) is 0 Å². The van der Waals surface area contributed by atoms with Crippen LogP contribution in [-0.2, 0) is 13.0 Å². The number of carbonyl (C=O) groups is 2. The standard InChI is InChI=1S/C18H17F4N3O2S/c1-3-25-5-4-8-9(6-25)28-18(10(8)16(23)26)24-17(27)11-14(21)12(19)7(2)13(20)15(11)22/h3-6H2,1-2H3,(H2,23,26)(H,24,27). The second kappa shape index (κ2) is 7.51. The second-order valence-electron chi connectivity index (χ2n) is 6.40. The smallest absolute Gasteiger partial charge is 0.262 e. The number of hydrogen-bond donors (Lipinski definition) is 2. The SMILES string of the molecule is CCN1CCc2c(sc(NC(=O)c3c(F)c(F)c(C)c(F)c3F)c2C(N)=O)C1. The van der Waals surface area contributed by atoms with E-state index >= 15 is 0 Å². The number of nitrogens with zero attached hydrogens (tertiary/aromatic N) is 1. The number of carbonyl (C=O) groups excluding carboxylic acids is 2. The molecule has 0 unspecified atom stereocenters. The largest absolute Gasteiger partial charge is 0.365 e. The Kier molecular flexibility index (Phi) is 5.44. The Morgan fingerprint density at radius 3 is 2.25 bits per heavy atom. The minimum absolute atomic E-state index is 0.000597. The predicted octanol–water partition coefficient (Wildman–Crippen LogP) is 3.34. The molecule has 10 heteroatoms. The lowest BCUT2D eigenvalue weighted by Crippen LogP contribution is -2.30. The van der Waals surface area contributed by atoms with E-state index in [-0.39, 0.29) is 10.6 Å². The van der Waals surface area contributed by atoms with Gasteiger partial charge >= 0.3 is 0 Å². The van der Waals surface area contributed by atoms with Crippen molar-refractivity contribution in [1.82, 2.24) is 4.90 Å². The third-order valence-electron chi connectivity index (χ3n) is 4.77. The molecule has 1 aromatic heterocycles. The number of likely N-dealkylation sites (N-methyl/N-ethyl adjacent to an activating group) is 1. The minimum atomic E-state index is -1.80. The highest BCUT2D eigenvalue weighted by Crippen LogP contribution is 2.37. The molecule has 0 aliphatic carbocycles. The lowest BCUT2D eigenvalue weighted by Gasteiger charge is -2.25. The van der Waals surface area contributed by atoms with Crippen LogP contribution in [0.3, 0.4) is 0 Å². The molecule has 0 radical (unpaired) electrons. The van der Waals surface area contributed by atoms with Gasteiger partial charge in [0.2, 0.25) is 0 Å². The number of primary amides is 1. The van der Waals surface area contributed by atoms with Gasteiger partial charge in [-0.3, -0.25) is 14.5 Å². The molecule has 0 bridgehead atoms. The van der Waals surface area contributed by atoms with Crippen molar-refractivity contribution >= 4 is 28.2 Å². The summed E-state index contributed by atoms with van der Waals surface area (Å²) in [4.78, 5) is 27.2. The molecule has 150 valence electrons. The number of thiophene rings is 1. The van der Waals surface area contributed by atoms with Crippen LogP contribution in [0.5, 0.6) is 0 Å². The fraction of sp³-hybridized carbons (Fsp3) is 0.333. The summed E-state index contributed by atoms with van der Waals surface area (Å²) in [5.41, 5.74) is 3.89. The number of anilines is 1. The first kappa shape index (κ1) is 20.3. The van der Waals surface area contributed by atoms with E-state index in [0.717, 1.165) is 29.7 Å². The van der Waals surface area contributed by atoms with Gasteiger partial charge in [-0.25, -0.2) is 17.6 Å². The summed E-state index contributed by atoms with van der Waals surface area (Å²) < 4.78 is 55.7. The summed E-state index contributed by atoms with van der Waals surface area (Å²) in [6.45, 7) is 4.83. The third-order valence-corrected chi connectivity index (χ3v) is 5.90. The number of halogens is 4. The molecule has 3 N–H and O–H groups in total. The lowest BCUT2D eigenvalue weighted by atomic mass is 10.0. The van der Waals surface area contributed by atoms with Crippen LogP contribution in [0.15, 0.2) is 0 Å². The molecule has 0 spiro atoms. The van der Waals surface area contributed by atoms with Crippen molar-refractivity contribution in [2.45, 2.75) is 26.8 Å². The summed E-state index contributed by atoms with van der Waals surface area (Å²) in [6, 6.07) is 0. The Balaban J connectivity index is 2.03. The zero-order chi connectivity index (χ0) is 20.7. The highest BCUT2D eigenvalue weighted by molar-refractivity contribution is 7.17. The molecule has 2 aromatic rings. The molecule has 0 fully saturated rings. The molecule has 1 aromatic carbocycles. The number of nitrogens with two attached hydrogens (primary N) is 1. The second-order valence-corrected chi connectivity index (χ2v) is 7.51. The number of hydrogen-bond acceptors (Lipinski definition) is 4. The Hall–Kier alpha value is -2.46.